The molecule has 1 aliphatic rings. The van der Waals surface area contributed by atoms with E-state index < -0.39 is 23.7 Å². The summed E-state index contributed by atoms with van der Waals surface area (Å²) >= 11 is 0. The van der Waals surface area contributed by atoms with Gasteiger partial charge in [-0.1, -0.05) is 24.3 Å². The number of carbonyl (C=O) groups is 3. The summed E-state index contributed by atoms with van der Waals surface area (Å²) in [5, 5.41) is 14.5. The lowest BCUT2D eigenvalue weighted by Gasteiger charge is -2.31. The number of alkyl halides is 1. The van der Waals surface area contributed by atoms with Gasteiger partial charge in [0, 0.05) is 18.7 Å². The van der Waals surface area contributed by atoms with Crippen LogP contribution in [0.3, 0.4) is 0 Å². The summed E-state index contributed by atoms with van der Waals surface area (Å²) in [7, 11) is 1.46. The number of anilines is 2. The molecule has 1 heterocycles. The fourth-order valence-corrected chi connectivity index (χ4v) is 4.44. The molecule has 0 bridgehead atoms. The molecule has 9 nitrogen and oxygen atoms in total. The van der Waals surface area contributed by atoms with E-state index in [1.54, 1.807) is 24.3 Å². The van der Waals surface area contributed by atoms with Crippen LogP contribution in [0, 0.1) is 6.92 Å². The number of amides is 3. The monoisotopic (exact) mass is 535 g/mol. The molecule has 3 aromatic rings. The predicted octanol–water partition coefficient (Wildman–Crippen LogP) is 5.26. The lowest BCUT2D eigenvalue weighted by atomic mass is 10.1. The van der Waals surface area contributed by atoms with Gasteiger partial charge < -0.3 is 30.1 Å². The second kappa shape index (κ2) is 11.8. The van der Waals surface area contributed by atoms with Gasteiger partial charge in [-0.3, -0.25) is 4.79 Å². The zero-order chi connectivity index (χ0) is 28.0. The van der Waals surface area contributed by atoms with Crippen LogP contribution in [-0.2, 0) is 11.2 Å². The molecular formula is C29H30FN3O6. The maximum Gasteiger partial charge on any atom is 0.335 e. The van der Waals surface area contributed by atoms with Crippen molar-refractivity contribution in [1.82, 2.24) is 4.90 Å². The third kappa shape index (κ3) is 6.64. The number of aromatic carboxylic acids is 1. The normalized spacial score (nSPS) is 16.4. The van der Waals surface area contributed by atoms with Crippen molar-refractivity contribution >= 4 is 29.3 Å². The smallest absolute Gasteiger partial charge is 0.335 e. The van der Waals surface area contributed by atoms with E-state index in [2.05, 4.69) is 10.6 Å². The minimum atomic E-state index is -1.98. The van der Waals surface area contributed by atoms with E-state index in [4.69, 9.17) is 14.6 Å². The second-order valence-electron chi connectivity index (χ2n) is 9.29. The van der Waals surface area contributed by atoms with Crippen LogP contribution < -0.4 is 20.1 Å². The number of urea groups is 1. The minimum Gasteiger partial charge on any atom is -0.495 e. The number of nitrogens with one attached hydrogen (secondary N) is 2. The van der Waals surface area contributed by atoms with Gasteiger partial charge in [0.1, 0.15) is 18.1 Å². The van der Waals surface area contributed by atoms with Crippen LogP contribution in [0.2, 0.25) is 0 Å². The van der Waals surface area contributed by atoms with E-state index in [1.165, 1.54) is 36.3 Å². The first kappa shape index (κ1) is 27.4. The molecule has 1 fully saturated rings. The Labute approximate surface area is 225 Å². The summed E-state index contributed by atoms with van der Waals surface area (Å²) in [4.78, 5) is 37.8. The van der Waals surface area contributed by atoms with Crippen molar-refractivity contribution in [2.75, 3.05) is 30.9 Å². The number of hydrogen-bond donors (Lipinski definition) is 3. The van der Waals surface area contributed by atoms with Crippen LogP contribution in [-0.4, -0.2) is 54.0 Å². The maximum absolute atomic E-state index is 15.8. The van der Waals surface area contributed by atoms with Gasteiger partial charge in [0.2, 0.25) is 11.7 Å². The van der Waals surface area contributed by atoms with Crippen molar-refractivity contribution in [2.24, 2.45) is 0 Å². The van der Waals surface area contributed by atoms with E-state index in [0.29, 0.717) is 34.9 Å². The van der Waals surface area contributed by atoms with Crippen molar-refractivity contribution in [3.63, 3.8) is 0 Å². The summed E-state index contributed by atoms with van der Waals surface area (Å²) in [5.74, 6) is -2.78. The number of benzene rings is 3. The molecule has 1 aliphatic heterocycles. The molecule has 4 rings (SSSR count). The third-order valence-corrected chi connectivity index (χ3v) is 6.55. The molecule has 1 saturated heterocycles. The summed E-state index contributed by atoms with van der Waals surface area (Å²) < 4.78 is 26.8. The average molecular weight is 536 g/mol. The molecule has 1 atom stereocenters. The molecule has 3 N–H and O–H groups in total. The Kier molecular flexibility index (Phi) is 8.33. The number of rotatable bonds is 9. The van der Waals surface area contributed by atoms with E-state index in [1.807, 2.05) is 25.1 Å². The zero-order valence-electron chi connectivity index (χ0n) is 21.7. The second-order valence-corrected chi connectivity index (χ2v) is 9.29. The Hall–Kier alpha value is -4.60. The summed E-state index contributed by atoms with van der Waals surface area (Å²) in [6.45, 7) is 1.78. The van der Waals surface area contributed by atoms with Gasteiger partial charge in [-0.05, 0) is 66.9 Å². The fraction of sp³-hybridized carbons (Fsp3) is 0.276. The van der Waals surface area contributed by atoms with Crippen molar-refractivity contribution < 1.29 is 33.4 Å². The molecule has 204 valence electrons. The number of methoxy groups -OCH3 is 1. The Morgan fingerprint density at radius 1 is 1.03 bits per heavy atom. The van der Waals surface area contributed by atoms with Crippen LogP contribution >= 0.6 is 0 Å². The van der Waals surface area contributed by atoms with Gasteiger partial charge in [-0.15, -0.1) is 0 Å². The van der Waals surface area contributed by atoms with E-state index in [0.717, 1.165) is 5.56 Å². The highest BCUT2D eigenvalue weighted by Crippen LogP contribution is 2.33. The molecule has 3 aromatic carbocycles. The number of ether oxygens (including phenoxy) is 2. The molecule has 0 aromatic heterocycles. The summed E-state index contributed by atoms with van der Waals surface area (Å²) in [6, 6.07) is 17.6. The van der Waals surface area contributed by atoms with E-state index in [-0.39, 0.29) is 31.6 Å². The average Bonchev–Trinajstić information content (AvgIpc) is 3.31. The fourth-order valence-electron chi connectivity index (χ4n) is 4.44. The van der Waals surface area contributed by atoms with Gasteiger partial charge in [0.15, 0.2) is 0 Å². The molecule has 0 spiro atoms. The summed E-state index contributed by atoms with van der Waals surface area (Å²) in [5.41, 5.74) is 2.71. The lowest BCUT2D eigenvalue weighted by molar-refractivity contribution is -0.144. The highest BCUT2D eigenvalue weighted by Gasteiger charge is 2.44. The van der Waals surface area contributed by atoms with Gasteiger partial charge in [0.05, 0.1) is 24.8 Å². The lowest BCUT2D eigenvalue weighted by Crippen LogP contribution is -2.48. The minimum absolute atomic E-state index is 0.0645. The first-order chi connectivity index (χ1) is 18.7. The van der Waals surface area contributed by atoms with Crippen LogP contribution in [0.15, 0.2) is 66.7 Å². The number of nitrogens with zero attached hydrogens (tertiary/aromatic N) is 1. The zero-order valence-corrected chi connectivity index (χ0v) is 21.7. The standard InChI is InChI=1S/C29H30FN3O6/c1-19-6-3-4-7-23(19)31-28(37)32-24-13-8-20(16-25(24)38-2)17-26(34)33-15-5-14-29(33,30)18-39-22-11-9-21(10-12-22)27(35)36/h3-4,6-13,16H,5,14-15,17-18H2,1-2H3,(H,35,36)(H2,31,32,37)/t29-/m1/s1. The maximum atomic E-state index is 15.8. The first-order valence-corrected chi connectivity index (χ1v) is 12.4. The van der Waals surface area contributed by atoms with Crippen LogP contribution in [0.4, 0.5) is 20.6 Å². The quantitative estimate of drug-likeness (QED) is 0.322. The van der Waals surface area contributed by atoms with Gasteiger partial charge >= 0.3 is 12.0 Å². The molecule has 0 unspecified atom stereocenters. The van der Waals surface area contributed by atoms with Crippen molar-refractivity contribution in [1.29, 1.82) is 0 Å². The number of para-hydroxylation sites is 1. The molecule has 10 heteroatoms. The molecule has 39 heavy (non-hydrogen) atoms. The number of carbonyl (C=O) groups excluding carboxylic acids is 2. The number of halogens is 1. The highest BCUT2D eigenvalue weighted by atomic mass is 19.1. The molecule has 0 saturated carbocycles. The predicted molar refractivity (Wildman–Crippen MR) is 144 cm³/mol. The third-order valence-electron chi connectivity index (χ3n) is 6.55. The van der Waals surface area contributed by atoms with Crippen LogP contribution in [0.5, 0.6) is 11.5 Å². The van der Waals surface area contributed by atoms with Crippen LogP contribution in [0.25, 0.3) is 0 Å². The Morgan fingerprint density at radius 2 is 1.74 bits per heavy atom. The van der Waals surface area contributed by atoms with Crippen LogP contribution in [0.1, 0.15) is 34.3 Å². The Bertz CT molecular complexity index is 1360. The number of carboxylic acids is 1. The number of hydrogen-bond acceptors (Lipinski definition) is 5. The van der Waals surface area contributed by atoms with Gasteiger partial charge in [-0.25, -0.2) is 14.0 Å². The molecule has 3 amide bonds. The largest absolute Gasteiger partial charge is 0.495 e. The summed E-state index contributed by atoms with van der Waals surface area (Å²) in [6.07, 6.45) is 0.560. The number of likely N-dealkylation sites (tertiary alicyclic amines) is 1. The number of carboxylic acid groups (broad SMARTS) is 1. The van der Waals surface area contributed by atoms with Crippen molar-refractivity contribution in [2.45, 2.75) is 32.0 Å². The van der Waals surface area contributed by atoms with Crippen molar-refractivity contribution in [3.8, 4) is 11.5 Å². The SMILES string of the molecule is COc1cc(CC(=O)N2CCC[C@]2(F)COc2ccc(C(=O)O)cc2)ccc1NC(=O)Nc1ccccc1C. The number of aryl methyl sites for hydroxylation is 1. The Morgan fingerprint density at radius 3 is 2.44 bits per heavy atom. The Balaban J connectivity index is 1.38. The highest BCUT2D eigenvalue weighted by molar-refractivity contribution is 6.01. The van der Waals surface area contributed by atoms with Crippen molar-refractivity contribution in [3.05, 3.63) is 83.4 Å². The van der Waals surface area contributed by atoms with E-state index in [9.17, 15) is 14.4 Å². The topological polar surface area (TPSA) is 117 Å². The molecule has 0 aliphatic carbocycles. The first-order valence-electron chi connectivity index (χ1n) is 12.4. The van der Waals surface area contributed by atoms with Gasteiger partial charge in [-0.2, -0.15) is 0 Å². The van der Waals surface area contributed by atoms with Gasteiger partial charge in [0.25, 0.3) is 0 Å². The molecular weight excluding hydrogens is 505 g/mol. The molecule has 0 radical (unpaired) electrons. The van der Waals surface area contributed by atoms with E-state index >= 15 is 4.39 Å².